The van der Waals surface area contributed by atoms with Gasteiger partial charge >= 0.3 is 5.97 Å². The molecule has 31 heavy (non-hydrogen) atoms. The summed E-state index contributed by atoms with van der Waals surface area (Å²) in [6.45, 7) is 0.362. The lowest BCUT2D eigenvalue weighted by atomic mass is 9.84. The first-order valence-electron chi connectivity index (χ1n) is 10.0. The zero-order valence-corrected chi connectivity index (χ0v) is 18.1. The molecule has 2 aliphatic rings. The quantitative estimate of drug-likeness (QED) is 0.360. The van der Waals surface area contributed by atoms with Crippen LogP contribution in [-0.2, 0) is 27.2 Å². The number of carbonyl (C=O) groups is 2. The number of halogens is 1. The lowest BCUT2D eigenvalue weighted by Gasteiger charge is -2.22. The second-order valence-corrected chi connectivity index (χ2v) is 7.83. The number of aryl methyl sites for hydroxylation is 2. The molecule has 2 atom stereocenters. The monoisotopic (exact) mass is 443 g/mol. The number of methoxy groups -OCH3 is 1. The number of fused-ring (bicyclic) bond motifs is 3. The van der Waals surface area contributed by atoms with E-state index in [2.05, 4.69) is 22.2 Å². The standard InChI is InChI=1S/C23H25N3O4.ClH/c1-29-21(27)11-16-9-17(26-23(16)28)12-30-18-5-7-20-14(10-18)3-2-13-8-15(22(24)25)4-6-19(13)20;/h4-8,10,16-17H,2-3,9,11-12H2,1H3,(H3,24,25)(H,26,28);1H/t16-,17-;/m0./s1. The fourth-order valence-electron chi connectivity index (χ4n) is 4.23. The molecule has 1 aliphatic heterocycles. The maximum Gasteiger partial charge on any atom is 0.306 e. The third-order valence-electron chi connectivity index (χ3n) is 5.82. The lowest BCUT2D eigenvalue weighted by Crippen LogP contribution is -2.31. The van der Waals surface area contributed by atoms with E-state index < -0.39 is 0 Å². The van der Waals surface area contributed by atoms with Crippen LogP contribution in [0.5, 0.6) is 5.75 Å². The van der Waals surface area contributed by atoms with E-state index in [9.17, 15) is 9.59 Å². The molecule has 0 saturated carbocycles. The van der Waals surface area contributed by atoms with Gasteiger partial charge in [-0.1, -0.05) is 18.2 Å². The van der Waals surface area contributed by atoms with Gasteiger partial charge in [0.1, 0.15) is 18.2 Å². The van der Waals surface area contributed by atoms with Crippen LogP contribution >= 0.6 is 12.4 Å². The van der Waals surface area contributed by atoms with Gasteiger partial charge in [0.15, 0.2) is 0 Å². The molecule has 1 heterocycles. The number of carbonyl (C=O) groups excluding carboxylic acids is 2. The zero-order valence-electron chi connectivity index (χ0n) is 17.3. The van der Waals surface area contributed by atoms with E-state index in [4.69, 9.17) is 15.9 Å². The fraction of sp³-hybridized carbons (Fsp3) is 0.348. The molecule has 2 aromatic carbocycles. The van der Waals surface area contributed by atoms with E-state index in [1.54, 1.807) is 0 Å². The number of nitrogens with two attached hydrogens (primary N) is 1. The molecule has 1 aliphatic carbocycles. The van der Waals surface area contributed by atoms with Gasteiger partial charge in [0.05, 0.1) is 25.5 Å². The highest BCUT2D eigenvalue weighted by Gasteiger charge is 2.34. The molecule has 4 N–H and O–H groups in total. The molecule has 1 fully saturated rings. The first kappa shape index (κ1) is 22.6. The average Bonchev–Trinajstić information content (AvgIpc) is 3.10. The molecule has 164 valence electrons. The summed E-state index contributed by atoms with van der Waals surface area (Å²) in [5.74, 6) is -0.00235. The Balaban J connectivity index is 0.00000272. The molecule has 0 bridgehead atoms. The molecular weight excluding hydrogens is 418 g/mol. The Kier molecular flexibility index (Phi) is 6.85. The molecule has 4 rings (SSSR count). The smallest absolute Gasteiger partial charge is 0.306 e. The number of rotatable bonds is 6. The van der Waals surface area contributed by atoms with Gasteiger partial charge in [-0.05, 0) is 59.7 Å². The van der Waals surface area contributed by atoms with Gasteiger partial charge in [-0.15, -0.1) is 12.4 Å². The van der Waals surface area contributed by atoms with Gasteiger partial charge in [0.2, 0.25) is 5.91 Å². The van der Waals surface area contributed by atoms with E-state index in [-0.39, 0.29) is 48.5 Å². The van der Waals surface area contributed by atoms with Crippen molar-refractivity contribution in [2.45, 2.75) is 31.7 Å². The predicted octanol–water partition coefficient (Wildman–Crippen LogP) is 2.60. The SMILES string of the molecule is COC(=O)C[C@@H]1C[C@@H](COc2ccc3c(c2)CCc2cc(C(=N)N)ccc2-3)NC1=O.Cl. The van der Waals surface area contributed by atoms with E-state index in [1.807, 2.05) is 24.3 Å². The van der Waals surface area contributed by atoms with Crippen molar-refractivity contribution >= 4 is 30.1 Å². The van der Waals surface area contributed by atoms with Crippen LogP contribution in [0.4, 0.5) is 0 Å². The van der Waals surface area contributed by atoms with Gasteiger partial charge in [-0.25, -0.2) is 0 Å². The van der Waals surface area contributed by atoms with Crippen molar-refractivity contribution in [1.82, 2.24) is 5.32 Å². The Morgan fingerprint density at radius 2 is 1.84 bits per heavy atom. The number of esters is 1. The van der Waals surface area contributed by atoms with Crippen molar-refractivity contribution in [3.05, 3.63) is 53.1 Å². The number of benzene rings is 2. The summed E-state index contributed by atoms with van der Waals surface area (Å²) in [6, 6.07) is 11.8. The Hall–Kier alpha value is -3.06. The van der Waals surface area contributed by atoms with Crippen LogP contribution in [0.3, 0.4) is 0 Å². The summed E-state index contributed by atoms with van der Waals surface area (Å²) in [5, 5.41) is 10.5. The van der Waals surface area contributed by atoms with Crippen molar-refractivity contribution in [1.29, 1.82) is 5.41 Å². The summed E-state index contributed by atoms with van der Waals surface area (Å²) in [7, 11) is 1.33. The minimum atomic E-state index is -0.373. The topological polar surface area (TPSA) is 114 Å². The van der Waals surface area contributed by atoms with Gasteiger partial charge in [0.25, 0.3) is 0 Å². The Morgan fingerprint density at radius 1 is 1.16 bits per heavy atom. The number of nitrogens with one attached hydrogen (secondary N) is 2. The summed E-state index contributed by atoms with van der Waals surface area (Å²) in [4.78, 5) is 23.5. The highest BCUT2D eigenvalue weighted by Crippen LogP contribution is 2.36. The van der Waals surface area contributed by atoms with Gasteiger partial charge in [-0.3, -0.25) is 15.0 Å². The van der Waals surface area contributed by atoms with Crippen LogP contribution in [-0.4, -0.2) is 37.5 Å². The van der Waals surface area contributed by atoms with Crippen molar-refractivity contribution < 1.29 is 19.1 Å². The molecule has 1 amide bonds. The average molecular weight is 444 g/mol. The molecule has 0 spiro atoms. The summed E-state index contributed by atoms with van der Waals surface area (Å²) < 4.78 is 10.6. The van der Waals surface area contributed by atoms with Crippen molar-refractivity contribution in [3.63, 3.8) is 0 Å². The Labute approximate surface area is 187 Å². The van der Waals surface area contributed by atoms with E-state index >= 15 is 0 Å². The largest absolute Gasteiger partial charge is 0.491 e. The zero-order chi connectivity index (χ0) is 21.3. The van der Waals surface area contributed by atoms with E-state index in [0.717, 1.165) is 24.2 Å². The van der Waals surface area contributed by atoms with Crippen LogP contribution in [0, 0.1) is 11.3 Å². The minimum absolute atomic E-state index is 0. The number of nitrogen functional groups attached to an aromatic ring is 1. The minimum Gasteiger partial charge on any atom is -0.491 e. The Morgan fingerprint density at radius 3 is 2.52 bits per heavy atom. The molecule has 7 nitrogen and oxygen atoms in total. The molecule has 1 saturated heterocycles. The number of ether oxygens (including phenoxy) is 2. The fourth-order valence-corrected chi connectivity index (χ4v) is 4.23. The van der Waals surface area contributed by atoms with Crippen LogP contribution in [0.25, 0.3) is 11.1 Å². The van der Waals surface area contributed by atoms with E-state index in [1.165, 1.54) is 29.4 Å². The molecule has 2 aromatic rings. The van der Waals surface area contributed by atoms with Crippen molar-refractivity contribution in [3.8, 4) is 16.9 Å². The van der Waals surface area contributed by atoms with Crippen LogP contribution < -0.4 is 15.8 Å². The summed E-state index contributed by atoms with van der Waals surface area (Å²) >= 11 is 0. The second kappa shape index (κ2) is 9.39. The normalized spacial score (nSPS) is 18.8. The molecule has 0 radical (unpaired) electrons. The number of hydrogen-bond donors (Lipinski definition) is 3. The number of amides is 1. The van der Waals surface area contributed by atoms with Crippen molar-refractivity contribution in [2.24, 2.45) is 11.7 Å². The number of amidine groups is 1. The first-order chi connectivity index (χ1) is 14.4. The molecule has 0 aromatic heterocycles. The summed E-state index contributed by atoms with van der Waals surface area (Å²) in [6.07, 6.45) is 2.44. The second-order valence-electron chi connectivity index (χ2n) is 7.83. The van der Waals surface area contributed by atoms with Crippen LogP contribution in [0.2, 0.25) is 0 Å². The molecule has 8 heteroatoms. The van der Waals surface area contributed by atoms with Gasteiger partial charge in [-0.2, -0.15) is 0 Å². The number of hydrogen-bond acceptors (Lipinski definition) is 5. The van der Waals surface area contributed by atoms with Gasteiger partial charge < -0.3 is 20.5 Å². The highest BCUT2D eigenvalue weighted by molar-refractivity contribution is 5.96. The van der Waals surface area contributed by atoms with Crippen LogP contribution in [0.1, 0.15) is 29.5 Å². The highest BCUT2D eigenvalue weighted by atomic mass is 35.5. The van der Waals surface area contributed by atoms with Crippen LogP contribution in [0.15, 0.2) is 36.4 Å². The summed E-state index contributed by atoms with van der Waals surface area (Å²) in [5.41, 5.74) is 11.1. The Bertz CT molecular complexity index is 1020. The third kappa shape index (κ3) is 4.82. The first-order valence-corrected chi connectivity index (χ1v) is 10.0. The van der Waals surface area contributed by atoms with Crippen molar-refractivity contribution in [2.75, 3.05) is 13.7 Å². The molecular formula is C23H26ClN3O4. The maximum atomic E-state index is 12.0. The van der Waals surface area contributed by atoms with Gasteiger partial charge in [0, 0.05) is 5.56 Å². The lowest BCUT2D eigenvalue weighted by molar-refractivity contribution is -0.143. The van der Waals surface area contributed by atoms with E-state index in [0.29, 0.717) is 13.0 Å². The predicted molar refractivity (Wildman–Crippen MR) is 120 cm³/mol. The molecule has 0 unspecified atom stereocenters. The third-order valence-corrected chi connectivity index (χ3v) is 5.82. The maximum absolute atomic E-state index is 12.0.